The van der Waals surface area contributed by atoms with Gasteiger partial charge in [-0.15, -0.1) is 0 Å². The normalized spacial score (nSPS) is 21.0. The van der Waals surface area contributed by atoms with Gasteiger partial charge < -0.3 is 10.6 Å². The van der Waals surface area contributed by atoms with Crippen molar-refractivity contribution in [2.75, 3.05) is 13.1 Å². The van der Waals surface area contributed by atoms with Gasteiger partial charge in [0.2, 0.25) is 5.91 Å². The number of fused-ring (bicyclic) bond motifs is 1. The summed E-state index contributed by atoms with van der Waals surface area (Å²) in [6.45, 7) is 6.08. The van der Waals surface area contributed by atoms with E-state index in [1.807, 2.05) is 6.92 Å². The molecule has 0 bridgehead atoms. The zero-order valence-electron chi connectivity index (χ0n) is 13.1. The molecule has 1 aromatic rings. The van der Waals surface area contributed by atoms with Crippen LogP contribution < -0.4 is 10.6 Å². The molecule has 1 fully saturated rings. The molecule has 0 saturated carbocycles. The molecule has 0 radical (unpaired) electrons. The van der Waals surface area contributed by atoms with Crippen LogP contribution in [0.3, 0.4) is 0 Å². The first kappa shape index (κ1) is 14.6. The van der Waals surface area contributed by atoms with E-state index in [0.717, 1.165) is 13.1 Å². The second-order valence-electron chi connectivity index (χ2n) is 6.67. The van der Waals surface area contributed by atoms with E-state index >= 15 is 0 Å². The third-order valence-electron chi connectivity index (χ3n) is 5.17. The highest BCUT2D eigenvalue weighted by molar-refractivity contribution is 5.79. The second-order valence-corrected chi connectivity index (χ2v) is 6.67. The van der Waals surface area contributed by atoms with Crippen LogP contribution in [0.1, 0.15) is 49.4 Å². The lowest BCUT2D eigenvalue weighted by molar-refractivity contribution is -0.127. The predicted octanol–water partition coefficient (Wildman–Crippen LogP) is 2.60. The molecule has 21 heavy (non-hydrogen) atoms. The fraction of sp³-hybridized carbons (Fsp3) is 0.611. The largest absolute Gasteiger partial charge is 0.349 e. The number of hydrogen-bond acceptors (Lipinski definition) is 2. The molecule has 3 nitrogen and oxygen atoms in total. The van der Waals surface area contributed by atoms with E-state index in [4.69, 9.17) is 0 Å². The highest BCUT2D eigenvalue weighted by atomic mass is 16.1. The highest BCUT2D eigenvalue weighted by Crippen LogP contribution is 2.25. The van der Waals surface area contributed by atoms with Crippen molar-refractivity contribution in [2.45, 2.75) is 45.6 Å². The molecular formula is C18H26N2O. The summed E-state index contributed by atoms with van der Waals surface area (Å²) in [5, 5.41) is 6.42. The Kier molecular flexibility index (Phi) is 4.29. The standard InChI is InChI=1S/C18H26N2O/c1-12(17-10-19-11-17)18(21)20-13(2)15-8-7-14-5-3-4-6-16(14)9-15/h7-9,12-13,17,19H,3-6,10-11H2,1-2H3,(H,20,21). The summed E-state index contributed by atoms with van der Waals surface area (Å²) < 4.78 is 0. The number of hydrogen-bond donors (Lipinski definition) is 2. The molecule has 3 rings (SSSR count). The third-order valence-corrected chi connectivity index (χ3v) is 5.17. The number of aryl methyl sites for hydroxylation is 2. The molecular weight excluding hydrogens is 260 g/mol. The van der Waals surface area contributed by atoms with Gasteiger partial charge in [-0.25, -0.2) is 0 Å². The first-order chi connectivity index (χ1) is 10.1. The topological polar surface area (TPSA) is 41.1 Å². The van der Waals surface area contributed by atoms with Crippen molar-refractivity contribution in [2.24, 2.45) is 11.8 Å². The van der Waals surface area contributed by atoms with Crippen LogP contribution in [-0.4, -0.2) is 19.0 Å². The maximum atomic E-state index is 12.3. The first-order valence-electron chi connectivity index (χ1n) is 8.28. The number of amides is 1. The highest BCUT2D eigenvalue weighted by Gasteiger charge is 2.29. The maximum Gasteiger partial charge on any atom is 0.223 e. The van der Waals surface area contributed by atoms with Crippen molar-refractivity contribution in [3.8, 4) is 0 Å². The average Bonchev–Trinajstić information content (AvgIpc) is 2.44. The van der Waals surface area contributed by atoms with E-state index in [2.05, 4.69) is 35.8 Å². The van der Waals surface area contributed by atoms with Gasteiger partial charge in [0.15, 0.2) is 0 Å². The second kappa shape index (κ2) is 6.18. The molecule has 1 amide bonds. The van der Waals surface area contributed by atoms with Crippen LogP contribution in [-0.2, 0) is 17.6 Å². The molecule has 114 valence electrons. The van der Waals surface area contributed by atoms with Gasteiger partial charge in [-0.05, 0) is 68.3 Å². The van der Waals surface area contributed by atoms with Crippen molar-refractivity contribution in [3.05, 3.63) is 34.9 Å². The Bertz CT molecular complexity index is 522. The third kappa shape index (κ3) is 3.13. The summed E-state index contributed by atoms with van der Waals surface area (Å²) in [5.74, 6) is 0.791. The van der Waals surface area contributed by atoms with Crippen LogP contribution in [0.4, 0.5) is 0 Å². The summed E-state index contributed by atoms with van der Waals surface area (Å²) in [6.07, 6.45) is 5.00. The Morgan fingerprint density at radius 2 is 1.90 bits per heavy atom. The van der Waals surface area contributed by atoms with Crippen molar-refractivity contribution in [3.63, 3.8) is 0 Å². The minimum atomic E-state index is 0.0974. The fourth-order valence-corrected chi connectivity index (χ4v) is 3.33. The summed E-state index contributed by atoms with van der Waals surface area (Å²) >= 11 is 0. The van der Waals surface area contributed by atoms with Gasteiger partial charge in [-0.1, -0.05) is 25.1 Å². The smallest absolute Gasteiger partial charge is 0.223 e. The Balaban J connectivity index is 1.64. The van der Waals surface area contributed by atoms with Gasteiger partial charge in [-0.3, -0.25) is 4.79 Å². The van der Waals surface area contributed by atoms with E-state index in [1.165, 1.54) is 42.4 Å². The molecule has 1 aliphatic heterocycles. The maximum absolute atomic E-state index is 12.3. The van der Waals surface area contributed by atoms with Crippen LogP contribution in [0.5, 0.6) is 0 Å². The number of benzene rings is 1. The van der Waals surface area contributed by atoms with Gasteiger partial charge in [0.05, 0.1) is 6.04 Å². The van der Waals surface area contributed by atoms with E-state index < -0.39 is 0 Å². The Morgan fingerprint density at radius 3 is 2.57 bits per heavy atom. The number of rotatable bonds is 4. The minimum absolute atomic E-state index is 0.0974. The van der Waals surface area contributed by atoms with E-state index in [-0.39, 0.29) is 17.9 Å². The van der Waals surface area contributed by atoms with E-state index in [0.29, 0.717) is 5.92 Å². The number of carbonyl (C=O) groups excluding carboxylic acids is 1. The molecule has 2 unspecified atom stereocenters. The molecule has 2 aliphatic rings. The number of nitrogens with one attached hydrogen (secondary N) is 2. The first-order valence-corrected chi connectivity index (χ1v) is 8.28. The summed E-state index contributed by atoms with van der Waals surface area (Å²) in [4.78, 5) is 12.3. The van der Waals surface area contributed by atoms with Crippen LogP contribution in [0.2, 0.25) is 0 Å². The molecule has 1 aromatic carbocycles. The van der Waals surface area contributed by atoms with Crippen LogP contribution in [0, 0.1) is 11.8 Å². The van der Waals surface area contributed by atoms with Gasteiger partial charge in [0, 0.05) is 5.92 Å². The SMILES string of the molecule is CC(NC(=O)C(C)C1CNC1)c1ccc2c(c1)CCCC2. The lowest BCUT2D eigenvalue weighted by Crippen LogP contribution is -2.49. The quantitative estimate of drug-likeness (QED) is 0.893. The lowest BCUT2D eigenvalue weighted by atomic mass is 9.87. The molecule has 1 aliphatic carbocycles. The molecule has 2 N–H and O–H groups in total. The minimum Gasteiger partial charge on any atom is -0.349 e. The van der Waals surface area contributed by atoms with Crippen LogP contribution in [0.15, 0.2) is 18.2 Å². The monoisotopic (exact) mass is 286 g/mol. The molecule has 0 aromatic heterocycles. The number of carbonyl (C=O) groups is 1. The molecule has 2 atom stereocenters. The lowest BCUT2D eigenvalue weighted by Gasteiger charge is -2.32. The molecule has 1 saturated heterocycles. The molecule has 1 heterocycles. The summed E-state index contributed by atoms with van der Waals surface area (Å²) in [5.41, 5.74) is 4.22. The fourth-order valence-electron chi connectivity index (χ4n) is 3.33. The van der Waals surface area contributed by atoms with E-state index in [9.17, 15) is 4.79 Å². The van der Waals surface area contributed by atoms with E-state index in [1.54, 1.807) is 0 Å². The average molecular weight is 286 g/mol. The van der Waals surface area contributed by atoms with Crippen molar-refractivity contribution in [1.29, 1.82) is 0 Å². The Hall–Kier alpha value is -1.35. The van der Waals surface area contributed by atoms with Gasteiger partial charge >= 0.3 is 0 Å². The van der Waals surface area contributed by atoms with Gasteiger partial charge in [-0.2, -0.15) is 0 Å². The van der Waals surface area contributed by atoms with Crippen LogP contribution >= 0.6 is 0 Å². The predicted molar refractivity (Wildman–Crippen MR) is 85.2 cm³/mol. The molecule has 3 heteroatoms. The molecule has 0 spiro atoms. The zero-order valence-corrected chi connectivity index (χ0v) is 13.1. The Morgan fingerprint density at radius 1 is 1.19 bits per heavy atom. The van der Waals surface area contributed by atoms with Gasteiger partial charge in [0.25, 0.3) is 0 Å². The Labute approximate surface area is 127 Å². The van der Waals surface area contributed by atoms with Gasteiger partial charge in [0.1, 0.15) is 0 Å². The summed E-state index contributed by atoms with van der Waals surface area (Å²) in [6, 6.07) is 6.84. The van der Waals surface area contributed by atoms with Crippen LogP contribution in [0.25, 0.3) is 0 Å². The zero-order chi connectivity index (χ0) is 14.8. The van der Waals surface area contributed by atoms with Crippen molar-refractivity contribution < 1.29 is 4.79 Å². The van der Waals surface area contributed by atoms with Crippen molar-refractivity contribution >= 4 is 5.91 Å². The summed E-state index contributed by atoms with van der Waals surface area (Å²) in [7, 11) is 0. The van der Waals surface area contributed by atoms with Crippen molar-refractivity contribution in [1.82, 2.24) is 10.6 Å².